The smallest absolute Gasteiger partial charge is 0.259 e. The van der Waals surface area contributed by atoms with Crippen molar-refractivity contribution in [3.8, 4) is 5.75 Å². The number of carbonyl (C=O) groups excluding carboxylic acids is 2. The molecule has 1 fully saturated rings. The lowest BCUT2D eigenvalue weighted by atomic mass is 10.0. The lowest BCUT2D eigenvalue weighted by molar-refractivity contribution is -0.130. The van der Waals surface area contributed by atoms with Crippen LogP contribution in [0.25, 0.3) is 0 Å². The molecular formula is C16H23N3O3. The first-order valence-corrected chi connectivity index (χ1v) is 7.53. The highest BCUT2D eigenvalue weighted by Crippen LogP contribution is 2.17. The molecule has 1 aliphatic rings. The predicted molar refractivity (Wildman–Crippen MR) is 84.9 cm³/mol. The van der Waals surface area contributed by atoms with Crippen molar-refractivity contribution in [2.45, 2.75) is 25.3 Å². The van der Waals surface area contributed by atoms with Crippen LogP contribution >= 0.6 is 0 Å². The molecule has 2 amide bonds. The number of amides is 2. The van der Waals surface area contributed by atoms with Gasteiger partial charge in [-0.05, 0) is 43.7 Å². The van der Waals surface area contributed by atoms with Gasteiger partial charge < -0.3 is 20.3 Å². The number of piperidine rings is 1. The molecule has 2 rings (SSSR count). The number of carbonyl (C=O) groups is 2. The van der Waals surface area contributed by atoms with E-state index in [1.165, 1.54) is 4.90 Å². The van der Waals surface area contributed by atoms with Crippen molar-refractivity contribution in [1.82, 2.24) is 10.2 Å². The first-order chi connectivity index (χ1) is 10.6. The predicted octanol–water partition coefficient (Wildman–Crippen LogP) is 1.23. The molecule has 1 atom stereocenters. The molecule has 1 saturated heterocycles. The number of anilines is 1. The van der Waals surface area contributed by atoms with E-state index in [0.29, 0.717) is 5.75 Å². The van der Waals surface area contributed by atoms with Crippen LogP contribution in [0.3, 0.4) is 0 Å². The Balaban J connectivity index is 1.83. The highest BCUT2D eigenvalue weighted by molar-refractivity contribution is 5.94. The fourth-order valence-electron chi connectivity index (χ4n) is 2.21. The van der Waals surface area contributed by atoms with Gasteiger partial charge in [-0.2, -0.15) is 0 Å². The third kappa shape index (κ3) is 4.73. The zero-order valence-electron chi connectivity index (χ0n) is 13.1. The topological polar surface area (TPSA) is 70.7 Å². The van der Waals surface area contributed by atoms with E-state index in [1.807, 2.05) is 0 Å². The highest BCUT2D eigenvalue weighted by Gasteiger charge is 2.20. The number of hydrogen-bond acceptors (Lipinski definition) is 4. The Kier molecular flexibility index (Phi) is 5.77. The second-order valence-corrected chi connectivity index (χ2v) is 5.59. The maximum absolute atomic E-state index is 12.1. The average Bonchev–Trinajstić information content (AvgIpc) is 2.54. The summed E-state index contributed by atoms with van der Waals surface area (Å²) < 4.78 is 5.39. The van der Waals surface area contributed by atoms with Gasteiger partial charge in [-0.15, -0.1) is 0 Å². The minimum absolute atomic E-state index is 0.00356. The van der Waals surface area contributed by atoms with Crippen LogP contribution < -0.4 is 15.4 Å². The SMILES string of the molecule is CN(C)C(=O)COc1ccc(NC(=O)C2CCCCN2)cc1. The Bertz CT molecular complexity index is 508. The minimum atomic E-state index is -0.109. The molecule has 0 bridgehead atoms. The van der Waals surface area contributed by atoms with E-state index in [0.717, 1.165) is 31.5 Å². The van der Waals surface area contributed by atoms with Crippen molar-refractivity contribution < 1.29 is 14.3 Å². The fourth-order valence-corrected chi connectivity index (χ4v) is 2.21. The quantitative estimate of drug-likeness (QED) is 0.858. The summed E-state index contributed by atoms with van der Waals surface area (Å²) in [6, 6.07) is 6.92. The number of likely N-dealkylation sites (N-methyl/N-ethyl adjacent to an activating group) is 1. The molecule has 1 aromatic carbocycles. The summed E-state index contributed by atoms with van der Waals surface area (Å²) in [4.78, 5) is 25.0. The second kappa shape index (κ2) is 7.79. The van der Waals surface area contributed by atoms with E-state index in [-0.39, 0.29) is 24.5 Å². The zero-order chi connectivity index (χ0) is 15.9. The maximum Gasteiger partial charge on any atom is 0.259 e. The second-order valence-electron chi connectivity index (χ2n) is 5.59. The molecule has 0 saturated carbocycles. The molecule has 1 unspecified atom stereocenters. The van der Waals surface area contributed by atoms with Crippen LogP contribution in [0.5, 0.6) is 5.75 Å². The number of nitrogens with one attached hydrogen (secondary N) is 2. The largest absolute Gasteiger partial charge is 0.484 e. The van der Waals surface area contributed by atoms with Crippen LogP contribution in [0, 0.1) is 0 Å². The number of hydrogen-bond donors (Lipinski definition) is 2. The van der Waals surface area contributed by atoms with E-state index in [2.05, 4.69) is 10.6 Å². The molecule has 2 N–H and O–H groups in total. The van der Waals surface area contributed by atoms with E-state index in [9.17, 15) is 9.59 Å². The van der Waals surface area contributed by atoms with Crippen molar-refractivity contribution in [3.05, 3.63) is 24.3 Å². The molecule has 0 spiro atoms. The number of ether oxygens (including phenoxy) is 1. The first-order valence-electron chi connectivity index (χ1n) is 7.53. The molecule has 120 valence electrons. The van der Waals surface area contributed by atoms with Crippen LogP contribution in [-0.2, 0) is 9.59 Å². The van der Waals surface area contributed by atoms with Crippen molar-refractivity contribution >= 4 is 17.5 Å². The van der Waals surface area contributed by atoms with Crippen molar-refractivity contribution in [3.63, 3.8) is 0 Å². The molecule has 1 aromatic rings. The fraction of sp³-hybridized carbons (Fsp3) is 0.500. The van der Waals surface area contributed by atoms with Crippen LogP contribution in [0.15, 0.2) is 24.3 Å². The van der Waals surface area contributed by atoms with Crippen LogP contribution in [-0.4, -0.2) is 50.0 Å². The summed E-state index contributed by atoms with van der Waals surface area (Å²) in [5.74, 6) is 0.501. The Morgan fingerprint density at radius 2 is 2.00 bits per heavy atom. The average molecular weight is 305 g/mol. The van der Waals surface area contributed by atoms with E-state index < -0.39 is 0 Å². The van der Waals surface area contributed by atoms with Gasteiger partial charge in [0.25, 0.3) is 5.91 Å². The first kappa shape index (κ1) is 16.3. The summed E-state index contributed by atoms with van der Waals surface area (Å²) in [7, 11) is 3.37. The molecule has 0 radical (unpaired) electrons. The normalized spacial score (nSPS) is 17.6. The number of rotatable bonds is 5. The summed E-state index contributed by atoms with van der Waals surface area (Å²) in [6.07, 6.45) is 3.08. The molecule has 22 heavy (non-hydrogen) atoms. The monoisotopic (exact) mass is 305 g/mol. The summed E-state index contributed by atoms with van der Waals surface area (Å²) in [5.41, 5.74) is 0.726. The molecule has 0 aromatic heterocycles. The van der Waals surface area contributed by atoms with Gasteiger partial charge in [0.05, 0.1) is 6.04 Å². The van der Waals surface area contributed by atoms with E-state index in [1.54, 1.807) is 38.4 Å². The summed E-state index contributed by atoms with van der Waals surface area (Å²) >= 11 is 0. The summed E-state index contributed by atoms with van der Waals surface area (Å²) in [5, 5.41) is 6.10. The number of nitrogens with zero attached hydrogens (tertiary/aromatic N) is 1. The highest BCUT2D eigenvalue weighted by atomic mass is 16.5. The Hall–Kier alpha value is -2.08. The van der Waals surface area contributed by atoms with Gasteiger partial charge in [0.15, 0.2) is 6.61 Å². The third-order valence-corrected chi connectivity index (χ3v) is 3.61. The summed E-state index contributed by atoms with van der Waals surface area (Å²) in [6.45, 7) is 0.898. The molecule has 0 aliphatic carbocycles. The van der Waals surface area contributed by atoms with Crippen molar-refractivity contribution in [2.75, 3.05) is 32.6 Å². The Morgan fingerprint density at radius 1 is 1.27 bits per heavy atom. The maximum atomic E-state index is 12.1. The standard InChI is InChI=1S/C16H23N3O3/c1-19(2)15(20)11-22-13-8-6-12(7-9-13)18-16(21)14-5-3-4-10-17-14/h6-9,14,17H,3-5,10-11H2,1-2H3,(H,18,21). The molecule has 6 heteroatoms. The van der Waals surface area contributed by atoms with Gasteiger partial charge in [0.1, 0.15) is 5.75 Å². The van der Waals surface area contributed by atoms with Gasteiger partial charge in [-0.3, -0.25) is 9.59 Å². The van der Waals surface area contributed by atoms with E-state index >= 15 is 0 Å². The van der Waals surface area contributed by atoms with Gasteiger partial charge in [-0.1, -0.05) is 6.42 Å². The van der Waals surface area contributed by atoms with Crippen molar-refractivity contribution in [1.29, 1.82) is 0 Å². The van der Waals surface area contributed by atoms with Crippen LogP contribution in [0.4, 0.5) is 5.69 Å². The Labute approximate surface area is 130 Å². The van der Waals surface area contributed by atoms with Gasteiger partial charge >= 0.3 is 0 Å². The van der Waals surface area contributed by atoms with Crippen LogP contribution in [0.2, 0.25) is 0 Å². The van der Waals surface area contributed by atoms with Gasteiger partial charge in [0, 0.05) is 19.8 Å². The molecule has 1 aliphatic heterocycles. The minimum Gasteiger partial charge on any atom is -0.484 e. The molecular weight excluding hydrogens is 282 g/mol. The molecule has 6 nitrogen and oxygen atoms in total. The third-order valence-electron chi connectivity index (χ3n) is 3.61. The van der Waals surface area contributed by atoms with Crippen LogP contribution in [0.1, 0.15) is 19.3 Å². The Morgan fingerprint density at radius 3 is 2.59 bits per heavy atom. The van der Waals surface area contributed by atoms with E-state index in [4.69, 9.17) is 4.74 Å². The zero-order valence-corrected chi connectivity index (χ0v) is 13.1. The van der Waals surface area contributed by atoms with Gasteiger partial charge in [0.2, 0.25) is 5.91 Å². The number of benzene rings is 1. The lowest BCUT2D eigenvalue weighted by Crippen LogP contribution is -2.43. The lowest BCUT2D eigenvalue weighted by Gasteiger charge is -2.22. The molecule has 1 heterocycles. The van der Waals surface area contributed by atoms with Gasteiger partial charge in [-0.25, -0.2) is 0 Å². The van der Waals surface area contributed by atoms with Crippen molar-refractivity contribution in [2.24, 2.45) is 0 Å².